The molecule has 142 valence electrons. The third kappa shape index (κ3) is 3.43. The van der Waals surface area contributed by atoms with E-state index < -0.39 is 0 Å². The quantitative estimate of drug-likeness (QED) is 0.486. The van der Waals surface area contributed by atoms with Crippen molar-refractivity contribution in [2.45, 2.75) is 0 Å². The molecule has 4 aromatic rings. The summed E-state index contributed by atoms with van der Waals surface area (Å²) in [6.45, 7) is 0. The van der Waals surface area contributed by atoms with Crippen molar-refractivity contribution in [1.82, 2.24) is 19.8 Å². The number of carbonyl (C=O) groups excluding carboxylic acids is 1. The van der Waals surface area contributed by atoms with Crippen LogP contribution in [-0.4, -0.2) is 39.9 Å². The van der Waals surface area contributed by atoms with Gasteiger partial charge >= 0.3 is 0 Å². The van der Waals surface area contributed by atoms with Crippen LogP contribution in [0.2, 0.25) is 0 Å². The first-order valence-electron chi connectivity index (χ1n) is 8.10. The van der Waals surface area contributed by atoms with Gasteiger partial charge in [-0.3, -0.25) is 10.1 Å². The maximum Gasteiger partial charge on any atom is 0.257 e. The first-order valence-corrected chi connectivity index (χ1v) is 9.71. The molecule has 0 saturated heterocycles. The van der Waals surface area contributed by atoms with Crippen molar-refractivity contribution in [3.8, 4) is 22.9 Å². The van der Waals surface area contributed by atoms with E-state index in [1.807, 2.05) is 12.1 Å². The van der Waals surface area contributed by atoms with Crippen molar-refractivity contribution >= 4 is 43.3 Å². The number of fused-ring (bicyclic) bond motifs is 1. The second-order valence-electron chi connectivity index (χ2n) is 5.66. The number of methoxy groups -OCH3 is 2. The lowest BCUT2D eigenvalue weighted by Gasteiger charge is -2.08. The maximum absolute atomic E-state index is 12.4. The largest absolute Gasteiger partial charge is 0.493 e. The van der Waals surface area contributed by atoms with Crippen LogP contribution in [0.4, 0.5) is 5.13 Å². The number of nitrogens with one attached hydrogen (secondary N) is 1. The molecule has 2 aromatic carbocycles. The Morgan fingerprint density at radius 2 is 1.93 bits per heavy atom. The van der Waals surface area contributed by atoms with Crippen molar-refractivity contribution in [2.24, 2.45) is 0 Å². The van der Waals surface area contributed by atoms with Crippen LogP contribution in [0.15, 0.2) is 46.9 Å². The standard InChI is InChI=1S/C18H14BrN5O3S/c1-26-13-7-6-10(9-14(13)27-2)15-21-22-18-24(15)23-17(28-18)20-16(25)11-4-3-5-12(19)8-11/h3-9H,1-2H3,(H,20,23,25). The van der Waals surface area contributed by atoms with Gasteiger partial charge < -0.3 is 9.47 Å². The minimum absolute atomic E-state index is 0.251. The molecular formula is C18H14BrN5O3S. The molecule has 28 heavy (non-hydrogen) atoms. The van der Waals surface area contributed by atoms with Gasteiger partial charge in [-0.1, -0.05) is 33.3 Å². The number of amides is 1. The highest BCUT2D eigenvalue weighted by Gasteiger charge is 2.17. The first kappa shape index (κ1) is 18.4. The van der Waals surface area contributed by atoms with E-state index in [2.05, 4.69) is 36.5 Å². The molecule has 4 rings (SSSR count). The zero-order valence-electron chi connectivity index (χ0n) is 14.8. The van der Waals surface area contributed by atoms with Gasteiger partial charge in [0.05, 0.1) is 14.2 Å². The second kappa shape index (κ2) is 7.56. The number of halogens is 1. The van der Waals surface area contributed by atoms with Crippen LogP contribution in [0.3, 0.4) is 0 Å². The molecule has 0 aliphatic heterocycles. The lowest BCUT2D eigenvalue weighted by Crippen LogP contribution is -2.11. The van der Waals surface area contributed by atoms with Crippen LogP contribution in [0.5, 0.6) is 11.5 Å². The summed E-state index contributed by atoms with van der Waals surface area (Å²) in [6.07, 6.45) is 0. The summed E-state index contributed by atoms with van der Waals surface area (Å²) in [5.74, 6) is 1.48. The van der Waals surface area contributed by atoms with E-state index in [0.29, 0.717) is 33.0 Å². The predicted octanol–water partition coefficient (Wildman–Crippen LogP) is 3.88. The average molecular weight is 460 g/mol. The molecule has 0 bridgehead atoms. The summed E-state index contributed by atoms with van der Waals surface area (Å²) < 4.78 is 13.0. The van der Waals surface area contributed by atoms with Crippen LogP contribution in [-0.2, 0) is 0 Å². The summed E-state index contributed by atoms with van der Waals surface area (Å²) in [6, 6.07) is 12.6. The normalized spacial score (nSPS) is 10.8. The fourth-order valence-corrected chi connectivity index (χ4v) is 3.76. The molecule has 0 fully saturated rings. The second-order valence-corrected chi connectivity index (χ2v) is 7.53. The number of hydrogen-bond donors (Lipinski definition) is 1. The highest BCUT2D eigenvalue weighted by atomic mass is 79.9. The Labute approximate surface area is 172 Å². The Morgan fingerprint density at radius 1 is 1.11 bits per heavy atom. The Balaban J connectivity index is 1.65. The predicted molar refractivity (Wildman–Crippen MR) is 109 cm³/mol. The fraction of sp³-hybridized carbons (Fsp3) is 0.111. The van der Waals surface area contributed by atoms with Crippen molar-refractivity contribution < 1.29 is 14.3 Å². The average Bonchev–Trinajstić information content (AvgIpc) is 3.27. The molecule has 0 aliphatic rings. The molecule has 1 amide bonds. The summed E-state index contributed by atoms with van der Waals surface area (Å²) in [7, 11) is 3.15. The number of carbonyl (C=O) groups is 1. The molecule has 1 N–H and O–H groups in total. The van der Waals surface area contributed by atoms with Gasteiger partial charge in [0.25, 0.3) is 5.91 Å². The SMILES string of the molecule is COc1ccc(-c2nnc3sc(NC(=O)c4cccc(Br)c4)nn23)cc1OC. The van der Waals surface area contributed by atoms with Crippen molar-refractivity contribution in [1.29, 1.82) is 0 Å². The summed E-state index contributed by atoms with van der Waals surface area (Å²) in [5, 5.41) is 16.0. The summed E-state index contributed by atoms with van der Waals surface area (Å²) in [5.41, 5.74) is 1.29. The smallest absolute Gasteiger partial charge is 0.257 e. The zero-order valence-corrected chi connectivity index (χ0v) is 17.2. The number of benzene rings is 2. The van der Waals surface area contributed by atoms with Crippen LogP contribution >= 0.6 is 27.3 Å². The monoisotopic (exact) mass is 459 g/mol. The highest BCUT2D eigenvalue weighted by molar-refractivity contribution is 9.10. The zero-order chi connectivity index (χ0) is 19.7. The topological polar surface area (TPSA) is 90.6 Å². The summed E-state index contributed by atoms with van der Waals surface area (Å²) >= 11 is 4.60. The van der Waals surface area contributed by atoms with E-state index in [1.165, 1.54) is 11.3 Å². The third-order valence-electron chi connectivity index (χ3n) is 3.94. The van der Waals surface area contributed by atoms with E-state index >= 15 is 0 Å². The third-order valence-corrected chi connectivity index (χ3v) is 5.25. The molecule has 0 radical (unpaired) electrons. The van der Waals surface area contributed by atoms with Crippen molar-refractivity contribution in [3.63, 3.8) is 0 Å². The van der Waals surface area contributed by atoms with Gasteiger partial charge in [-0.25, -0.2) is 0 Å². The molecule has 0 saturated carbocycles. The summed E-state index contributed by atoms with van der Waals surface area (Å²) in [4.78, 5) is 13.0. The van der Waals surface area contributed by atoms with Gasteiger partial charge in [0.2, 0.25) is 10.1 Å². The van der Waals surface area contributed by atoms with Gasteiger partial charge in [-0.05, 0) is 36.4 Å². The number of nitrogens with zero attached hydrogens (tertiary/aromatic N) is 4. The molecule has 2 aromatic heterocycles. The lowest BCUT2D eigenvalue weighted by atomic mass is 10.2. The number of aromatic nitrogens is 4. The molecule has 10 heteroatoms. The van der Waals surface area contributed by atoms with E-state index in [4.69, 9.17) is 9.47 Å². The molecule has 0 aliphatic carbocycles. The van der Waals surface area contributed by atoms with Gasteiger partial charge in [0.15, 0.2) is 17.3 Å². The Kier molecular flexibility index (Phi) is 4.97. The molecule has 0 spiro atoms. The minimum Gasteiger partial charge on any atom is -0.493 e. The van der Waals surface area contributed by atoms with Gasteiger partial charge in [0.1, 0.15) is 0 Å². The Bertz CT molecular complexity index is 1170. The number of ether oxygens (including phenoxy) is 2. The molecule has 8 nitrogen and oxygen atoms in total. The lowest BCUT2D eigenvalue weighted by molar-refractivity contribution is 0.102. The number of rotatable bonds is 5. The van der Waals surface area contributed by atoms with E-state index in [9.17, 15) is 4.79 Å². The Hall–Kier alpha value is -2.98. The fourth-order valence-electron chi connectivity index (χ4n) is 2.62. The Morgan fingerprint density at radius 3 is 2.68 bits per heavy atom. The van der Waals surface area contributed by atoms with Gasteiger partial charge in [0, 0.05) is 15.6 Å². The van der Waals surface area contributed by atoms with E-state index in [1.54, 1.807) is 49.1 Å². The van der Waals surface area contributed by atoms with Crippen LogP contribution in [0, 0.1) is 0 Å². The molecular weight excluding hydrogens is 446 g/mol. The van der Waals surface area contributed by atoms with E-state index in [0.717, 1.165) is 10.0 Å². The molecule has 0 unspecified atom stereocenters. The maximum atomic E-state index is 12.4. The molecule has 2 heterocycles. The highest BCUT2D eigenvalue weighted by Crippen LogP contribution is 2.32. The van der Waals surface area contributed by atoms with Crippen LogP contribution in [0.1, 0.15) is 10.4 Å². The first-order chi connectivity index (χ1) is 13.6. The van der Waals surface area contributed by atoms with Crippen molar-refractivity contribution in [3.05, 3.63) is 52.5 Å². The van der Waals surface area contributed by atoms with Gasteiger partial charge in [-0.2, -0.15) is 4.52 Å². The van der Waals surface area contributed by atoms with Crippen LogP contribution < -0.4 is 14.8 Å². The van der Waals surface area contributed by atoms with Gasteiger partial charge in [-0.15, -0.1) is 15.3 Å². The number of anilines is 1. The molecule has 0 atom stereocenters. The minimum atomic E-state index is -0.251. The van der Waals surface area contributed by atoms with Crippen molar-refractivity contribution in [2.75, 3.05) is 19.5 Å². The number of hydrogen-bond acceptors (Lipinski definition) is 7. The van der Waals surface area contributed by atoms with E-state index in [-0.39, 0.29) is 5.91 Å². The van der Waals surface area contributed by atoms with Crippen LogP contribution in [0.25, 0.3) is 16.3 Å².